The van der Waals surface area contributed by atoms with Gasteiger partial charge in [-0.15, -0.1) is 0 Å². The van der Waals surface area contributed by atoms with E-state index >= 15 is 0 Å². The number of aliphatic hydroxyl groups is 2. The number of benzene rings is 3. The molecular weight excluding hydrogens is 460 g/mol. The molecule has 0 fully saturated rings. The van der Waals surface area contributed by atoms with Crippen LogP contribution in [0, 0.1) is 11.8 Å². The highest BCUT2D eigenvalue weighted by Gasteiger charge is 2.40. The third-order valence-electron chi connectivity index (χ3n) is 7.83. The molecule has 37 heavy (non-hydrogen) atoms. The second-order valence-corrected chi connectivity index (χ2v) is 10.5. The Hall–Kier alpha value is -2.95. The van der Waals surface area contributed by atoms with E-state index in [9.17, 15) is 15.0 Å². The van der Waals surface area contributed by atoms with Gasteiger partial charge in [0.2, 0.25) is 0 Å². The zero-order chi connectivity index (χ0) is 26.8. The zero-order valence-corrected chi connectivity index (χ0v) is 22.7. The van der Waals surface area contributed by atoms with E-state index < -0.39 is 5.41 Å². The van der Waals surface area contributed by atoms with E-state index in [0.29, 0.717) is 12.3 Å². The Kier molecular flexibility index (Phi) is 10.5. The van der Waals surface area contributed by atoms with Gasteiger partial charge in [-0.2, -0.15) is 0 Å². The largest absolute Gasteiger partial charge is 0.469 e. The summed E-state index contributed by atoms with van der Waals surface area (Å²) in [6, 6.07) is 26.8. The fourth-order valence-corrected chi connectivity index (χ4v) is 5.60. The Balaban J connectivity index is 2.29. The molecule has 3 unspecified atom stereocenters. The van der Waals surface area contributed by atoms with E-state index in [-0.39, 0.29) is 31.0 Å². The van der Waals surface area contributed by atoms with Gasteiger partial charge in [-0.25, -0.2) is 0 Å². The van der Waals surface area contributed by atoms with Crippen LogP contribution in [-0.2, 0) is 28.2 Å². The summed E-state index contributed by atoms with van der Waals surface area (Å²) in [7, 11) is 1.44. The number of hydrogen-bond donors (Lipinski definition) is 2. The third-order valence-corrected chi connectivity index (χ3v) is 7.83. The van der Waals surface area contributed by atoms with Gasteiger partial charge in [0.1, 0.15) is 0 Å². The van der Waals surface area contributed by atoms with Crippen molar-refractivity contribution in [3.05, 3.63) is 107 Å². The van der Waals surface area contributed by atoms with Gasteiger partial charge in [-0.1, -0.05) is 106 Å². The Bertz CT molecular complexity index is 1080. The van der Waals surface area contributed by atoms with E-state index in [1.165, 1.54) is 12.7 Å². The minimum Gasteiger partial charge on any atom is -0.469 e. The molecule has 2 N–H and O–H groups in total. The molecule has 3 aromatic carbocycles. The lowest BCUT2D eigenvalue weighted by molar-refractivity contribution is -0.145. The first kappa shape index (κ1) is 28.6. The van der Waals surface area contributed by atoms with E-state index in [2.05, 4.69) is 62.4 Å². The standard InChI is InChI=1S/C33H42O4/c1-5-24(2)17-29(28-13-7-6-8-14-28)21-33(20-25(3)32(36)37-4,30-15-9-11-26(18-30)22-34)31-16-10-12-27(19-31)23-35/h6-16,18-19,24-25,29,34-35H,5,17,20-23H2,1-4H3. The van der Waals surface area contributed by atoms with Crippen LogP contribution in [0.25, 0.3) is 0 Å². The molecule has 0 aliphatic rings. The van der Waals surface area contributed by atoms with Crippen LogP contribution in [0.2, 0.25) is 0 Å². The quantitative estimate of drug-likeness (QED) is 0.253. The summed E-state index contributed by atoms with van der Waals surface area (Å²) in [4.78, 5) is 12.8. The molecule has 0 spiro atoms. The van der Waals surface area contributed by atoms with Crippen molar-refractivity contribution in [1.29, 1.82) is 0 Å². The maximum absolute atomic E-state index is 12.8. The van der Waals surface area contributed by atoms with Crippen LogP contribution in [0.15, 0.2) is 78.9 Å². The monoisotopic (exact) mass is 502 g/mol. The molecule has 198 valence electrons. The highest BCUT2D eigenvalue weighted by molar-refractivity contribution is 5.72. The molecule has 3 atom stereocenters. The van der Waals surface area contributed by atoms with Gasteiger partial charge in [-0.05, 0) is 58.9 Å². The van der Waals surface area contributed by atoms with Crippen molar-refractivity contribution in [3.8, 4) is 0 Å². The summed E-state index contributed by atoms with van der Waals surface area (Å²) in [5.41, 5.74) is 4.55. The Morgan fingerprint density at radius 2 is 1.41 bits per heavy atom. The van der Waals surface area contributed by atoms with E-state index in [1.807, 2.05) is 37.3 Å². The number of ether oxygens (including phenoxy) is 1. The minimum absolute atomic E-state index is 0.0534. The molecular formula is C33H42O4. The number of hydrogen-bond acceptors (Lipinski definition) is 4. The maximum atomic E-state index is 12.8. The van der Waals surface area contributed by atoms with Crippen molar-refractivity contribution >= 4 is 5.97 Å². The molecule has 0 aromatic heterocycles. The SMILES string of the molecule is CCC(C)CC(CC(CC(C)C(=O)OC)(c1cccc(CO)c1)c1cccc(CO)c1)c1ccccc1. The Labute approximate surface area is 222 Å². The third kappa shape index (κ3) is 7.09. The molecule has 4 nitrogen and oxygen atoms in total. The number of carbonyl (C=O) groups is 1. The first-order chi connectivity index (χ1) is 17.9. The minimum atomic E-state index is -0.544. The van der Waals surface area contributed by atoms with Crippen molar-refractivity contribution in [2.75, 3.05) is 7.11 Å². The van der Waals surface area contributed by atoms with E-state index in [4.69, 9.17) is 4.74 Å². The molecule has 0 amide bonds. The maximum Gasteiger partial charge on any atom is 0.308 e. The summed E-state index contributed by atoms with van der Waals surface area (Å²) < 4.78 is 5.17. The van der Waals surface area contributed by atoms with Crippen molar-refractivity contribution < 1.29 is 19.7 Å². The number of rotatable bonds is 13. The summed E-state index contributed by atoms with van der Waals surface area (Å²) in [5.74, 6) is 0.199. The lowest BCUT2D eigenvalue weighted by Crippen LogP contribution is -2.35. The van der Waals surface area contributed by atoms with Gasteiger partial charge in [-0.3, -0.25) is 4.79 Å². The summed E-state index contributed by atoms with van der Waals surface area (Å²) >= 11 is 0. The smallest absolute Gasteiger partial charge is 0.308 e. The molecule has 0 saturated heterocycles. The van der Waals surface area contributed by atoms with Crippen molar-refractivity contribution in [2.24, 2.45) is 11.8 Å². The molecule has 0 aliphatic heterocycles. The average Bonchev–Trinajstić information content (AvgIpc) is 2.96. The van der Waals surface area contributed by atoms with Crippen molar-refractivity contribution in [2.45, 2.75) is 71.0 Å². The number of methoxy groups -OCH3 is 1. The molecule has 0 bridgehead atoms. The fourth-order valence-electron chi connectivity index (χ4n) is 5.60. The molecule has 3 aromatic rings. The highest BCUT2D eigenvalue weighted by atomic mass is 16.5. The van der Waals surface area contributed by atoms with Crippen LogP contribution in [0.4, 0.5) is 0 Å². The van der Waals surface area contributed by atoms with Crippen LogP contribution in [0.1, 0.15) is 80.2 Å². The molecule has 0 heterocycles. The van der Waals surface area contributed by atoms with Crippen molar-refractivity contribution in [1.82, 2.24) is 0 Å². The van der Waals surface area contributed by atoms with Crippen LogP contribution >= 0.6 is 0 Å². The predicted octanol–water partition coefficient (Wildman–Crippen LogP) is 6.77. The van der Waals surface area contributed by atoms with Crippen LogP contribution in [0.5, 0.6) is 0 Å². The summed E-state index contributed by atoms with van der Waals surface area (Å²) in [6.45, 7) is 6.35. The second kappa shape index (κ2) is 13.6. The fraction of sp³-hybridized carbons (Fsp3) is 0.424. The summed E-state index contributed by atoms with van der Waals surface area (Å²) in [6.07, 6.45) is 3.45. The number of esters is 1. The van der Waals surface area contributed by atoms with Crippen LogP contribution < -0.4 is 0 Å². The molecule has 4 heteroatoms. The number of aliphatic hydroxyl groups excluding tert-OH is 2. The first-order valence-electron chi connectivity index (χ1n) is 13.4. The van der Waals surface area contributed by atoms with Gasteiger partial charge < -0.3 is 14.9 Å². The normalized spacial score (nSPS) is 14.1. The summed E-state index contributed by atoms with van der Waals surface area (Å²) in [5, 5.41) is 20.0. The zero-order valence-electron chi connectivity index (χ0n) is 22.7. The Morgan fingerprint density at radius 1 is 0.838 bits per heavy atom. The van der Waals surface area contributed by atoms with Gasteiger partial charge in [0.15, 0.2) is 0 Å². The molecule has 3 rings (SSSR count). The first-order valence-corrected chi connectivity index (χ1v) is 13.4. The van der Waals surface area contributed by atoms with Gasteiger partial charge in [0, 0.05) is 5.41 Å². The van der Waals surface area contributed by atoms with Crippen molar-refractivity contribution in [3.63, 3.8) is 0 Å². The van der Waals surface area contributed by atoms with Gasteiger partial charge in [0.25, 0.3) is 0 Å². The Morgan fingerprint density at radius 3 is 1.89 bits per heavy atom. The second-order valence-electron chi connectivity index (χ2n) is 10.5. The van der Waals surface area contributed by atoms with Gasteiger partial charge in [0.05, 0.1) is 26.2 Å². The number of carbonyl (C=O) groups excluding carboxylic acids is 1. The van der Waals surface area contributed by atoms with Crippen LogP contribution in [-0.4, -0.2) is 23.3 Å². The lowest BCUT2D eigenvalue weighted by atomic mass is 9.62. The van der Waals surface area contributed by atoms with E-state index in [0.717, 1.165) is 41.5 Å². The molecule has 0 saturated carbocycles. The van der Waals surface area contributed by atoms with Crippen LogP contribution in [0.3, 0.4) is 0 Å². The molecule has 0 radical (unpaired) electrons. The van der Waals surface area contributed by atoms with E-state index in [1.54, 1.807) is 0 Å². The average molecular weight is 503 g/mol. The lowest BCUT2D eigenvalue weighted by Gasteiger charge is -2.41. The van der Waals surface area contributed by atoms with Gasteiger partial charge >= 0.3 is 5.97 Å². The molecule has 0 aliphatic carbocycles. The highest BCUT2D eigenvalue weighted by Crippen LogP contribution is 2.48. The topological polar surface area (TPSA) is 66.8 Å². The predicted molar refractivity (Wildman–Crippen MR) is 149 cm³/mol.